The van der Waals surface area contributed by atoms with Crippen LogP contribution in [-0.4, -0.2) is 34.0 Å². The van der Waals surface area contributed by atoms with Crippen molar-refractivity contribution in [3.05, 3.63) is 91.6 Å². The second-order valence-electron chi connectivity index (χ2n) is 8.35. The highest BCUT2D eigenvalue weighted by Gasteiger charge is 2.14. The van der Waals surface area contributed by atoms with Gasteiger partial charge in [-0.05, 0) is 54.6 Å². The molecule has 0 bridgehead atoms. The normalized spacial score (nSPS) is 12.0. The third-order valence-electron chi connectivity index (χ3n) is 6.42. The lowest BCUT2D eigenvalue weighted by Crippen LogP contribution is -1.97. The van der Waals surface area contributed by atoms with Gasteiger partial charge < -0.3 is 4.74 Å². The van der Waals surface area contributed by atoms with E-state index in [1.54, 1.807) is 18.6 Å². The summed E-state index contributed by atoms with van der Waals surface area (Å²) in [6.45, 7) is 0. The van der Waals surface area contributed by atoms with E-state index >= 15 is 0 Å². The maximum absolute atomic E-state index is 6.25. The van der Waals surface area contributed by atoms with Crippen LogP contribution in [0.2, 0.25) is 0 Å². The molecule has 0 amide bonds. The molecule has 0 atom stereocenters. The number of hydrogen-bond acceptors (Lipinski definition) is 6. The summed E-state index contributed by atoms with van der Waals surface area (Å²) in [5.74, 6) is 1.17. The van der Waals surface area contributed by atoms with E-state index in [9.17, 15) is 0 Å². The maximum atomic E-state index is 6.25. The first kappa shape index (κ1) is 18.3. The van der Waals surface area contributed by atoms with Crippen LogP contribution in [0.5, 0.6) is 11.6 Å². The molecule has 35 heavy (non-hydrogen) atoms. The Labute approximate surface area is 197 Å². The third-order valence-corrected chi connectivity index (χ3v) is 6.42. The minimum atomic E-state index is 0.494. The molecule has 0 aliphatic rings. The van der Waals surface area contributed by atoms with E-state index in [1.807, 2.05) is 71.5 Å². The van der Waals surface area contributed by atoms with Gasteiger partial charge in [0.2, 0.25) is 5.88 Å². The standard InChI is InChI=1S/C27H15N7O/c1-3-20-24(28-10-1)17-6-5-16(15-19(17)27-30-13-14-33(20)27)35-23-8-7-18-25-21(4-2-11-29-25)34-22(9-12-31-34)26(18)32-23/h1-15H. The number of nitrogens with zero attached hydrogens (tertiary/aromatic N) is 7. The van der Waals surface area contributed by atoms with Gasteiger partial charge in [-0.15, -0.1) is 0 Å². The molecule has 0 spiro atoms. The summed E-state index contributed by atoms with van der Waals surface area (Å²) in [6.07, 6.45) is 9.12. The van der Waals surface area contributed by atoms with Crippen LogP contribution < -0.4 is 4.74 Å². The summed E-state index contributed by atoms with van der Waals surface area (Å²) in [4.78, 5) is 18.6. The van der Waals surface area contributed by atoms with Crippen molar-refractivity contribution in [2.45, 2.75) is 0 Å². The fourth-order valence-electron chi connectivity index (χ4n) is 4.93. The molecule has 0 aliphatic carbocycles. The summed E-state index contributed by atoms with van der Waals surface area (Å²) in [5, 5.41) is 7.42. The smallest absolute Gasteiger partial charge is 0.219 e. The molecule has 1 aromatic carbocycles. The predicted molar refractivity (Wildman–Crippen MR) is 134 cm³/mol. The van der Waals surface area contributed by atoms with E-state index in [4.69, 9.17) is 9.72 Å². The lowest BCUT2D eigenvalue weighted by molar-refractivity contribution is 0.466. The Morgan fingerprint density at radius 2 is 1.43 bits per heavy atom. The first-order valence-electron chi connectivity index (χ1n) is 11.2. The Bertz CT molecular complexity index is 1960. The molecule has 0 unspecified atom stereocenters. The Morgan fingerprint density at radius 3 is 2.34 bits per heavy atom. The SMILES string of the molecule is c1cnc2c3ccc(Oc4ccc5c6ncccc6n6nccc6c5n4)cc3c3nccn3c2c1. The third kappa shape index (κ3) is 2.53. The second-order valence-corrected chi connectivity index (χ2v) is 8.35. The highest BCUT2D eigenvalue weighted by atomic mass is 16.5. The van der Waals surface area contributed by atoms with E-state index in [0.29, 0.717) is 11.6 Å². The molecular weight excluding hydrogens is 438 g/mol. The average Bonchev–Trinajstić information content (AvgIpc) is 3.60. The number of hydrogen-bond donors (Lipinski definition) is 0. The van der Waals surface area contributed by atoms with Crippen LogP contribution in [0.15, 0.2) is 91.6 Å². The summed E-state index contributed by atoms with van der Waals surface area (Å²) in [5.41, 5.74) is 6.28. The summed E-state index contributed by atoms with van der Waals surface area (Å²) >= 11 is 0. The van der Waals surface area contributed by atoms with Gasteiger partial charge in [0.1, 0.15) is 16.9 Å². The minimum absolute atomic E-state index is 0.494. The largest absolute Gasteiger partial charge is 0.439 e. The lowest BCUT2D eigenvalue weighted by Gasteiger charge is -2.11. The quantitative estimate of drug-likeness (QED) is 0.318. The zero-order valence-corrected chi connectivity index (χ0v) is 18.2. The van der Waals surface area contributed by atoms with Crippen molar-refractivity contribution in [3.63, 3.8) is 0 Å². The van der Waals surface area contributed by atoms with Gasteiger partial charge in [-0.3, -0.25) is 14.4 Å². The Hall–Kier alpha value is -5.11. The van der Waals surface area contributed by atoms with Crippen molar-refractivity contribution < 1.29 is 4.74 Å². The fraction of sp³-hybridized carbons (Fsp3) is 0. The molecule has 8 nitrogen and oxygen atoms in total. The number of aromatic nitrogens is 7. The highest BCUT2D eigenvalue weighted by molar-refractivity contribution is 6.10. The van der Waals surface area contributed by atoms with Gasteiger partial charge >= 0.3 is 0 Å². The lowest BCUT2D eigenvalue weighted by atomic mass is 10.1. The van der Waals surface area contributed by atoms with Gasteiger partial charge in [-0.1, -0.05) is 0 Å². The van der Waals surface area contributed by atoms with Crippen molar-refractivity contribution in [3.8, 4) is 11.6 Å². The molecule has 0 radical (unpaired) electrons. The van der Waals surface area contributed by atoms with E-state index in [-0.39, 0.29) is 0 Å². The Balaban J connectivity index is 1.31. The summed E-state index contributed by atoms with van der Waals surface area (Å²) < 4.78 is 10.2. The fourth-order valence-corrected chi connectivity index (χ4v) is 4.93. The molecular formula is C27H15N7O. The second kappa shape index (κ2) is 6.71. The van der Waals surface area contributed by atoms with E-state index in [0.717, 1.165) is 54.9 Å². The minimum Gasteiger partial charge on any atom is -0.439 e. The van der Waals surface area contributed by atoms with Crippen molar-refractivity contribution >= 4 is 54.9 Å². The van der Waals surface area contributed by atoms with Crippen molar-refractivity contribution in [2.75, 3.05) is 0 Å². The Kier molecular flexibility index (Phi) is 3.51. The number of pyridine rings is 5. The predicted octanol–water partition coefficient (Wildman–Crippen LogP) is 5.57. The van der Waals surface area contributed by atoms with Crippen molar-refractivity contribution in [2.24, 2.45) is 0 Å². The zero-order chi connectivity index (χ0) is 22.9. The molecule has 0 saturated heterocycles. The Morgan fingerprint density at radius 1 is 0.629 bits per heavy atom. The first-order chi connectivity index (χ1) is 17.3. The molecule has 0 N–H and O–H groups in total. The topological polar surface area (TPSA) is 82.5 Å². The van der Waals surface area contributed by atoms with E-state index < -0.39 is 0 Å². The number of rotatable bonds is 2. The van der Waals surface area contributed by atoms with E-state index in [2.05, 4.69) is 30.5 Å². The molecule has 0 aliphatic heterocycles. The van der Waals surface area contributed by atoms with Crippen LogP contribution in [0, 0.1) is 0 Å². The molecule has 0 saturated carbocycles. The molecule has 8 rings (SSSR count). The van der Waals surface area contributed by atoms with Gasteiger partial charge in [-0.25, -0.2) is 14.5 Å². The van der Waals surface area contributed by atoms with Crippen LogP contribution in [0.1, 0.15) is 0 Å². The van der Waals surface area contributed by atoms with Gasteiger partial charge in [0.15, 0.2) is 0 Å². The van der Waals surface area contributed by atoms with Gasteiger partial charge in [0, 0.05) is 47.0 Å². The number of imidazole rings is 1. The van der Waals surface area contributed by atoms with Crippen molar-refractivity contribution in [1.82, 2.24) is 34.0 Å². The summed E-state index contributed by atoms with van der Waals surface area (Å²) in [6, 6.07) is 19.7. The molecule has 7 aromatic heterocycles. The monoisotopic (exact) mass is 453 g/mol. The van der Waals surface area contributed by atoms with Crippen LogP contribution in [0.25, 0.3) is 54.9 Å². The average molecular weight is 453 g/mol. The van der Waals surface area contributed by atoms with Crippen LogP contribution in [-0.2, 0) is 0 Å². The van der Waals surface area contributed by atoms with Gasteiger partial charge in [0.25, 0.3) is 0 Å². The van der Waals surface area contributed by atoms with Crippen LogP contribution >= 0.6 is 0 Å². The number of ether oxygens (including phenoxy) is 1. The van der Waals surface area contributed by atoms with Crippen molar-refractivity contribution in [1.29, 1.82) is 0 Å². The number of benzene rings is 1. The molecule has 8 heteroatoms. The summed E-state index contributed by atoms with van der Waals surface area (Å²) in [7, 11) is 0. The first-order valence-corrected chi connectivity index (χ1v) is 11.2. The molecule has 164 valence electrons. The number of fused-ring (bicyclic) bond motifs is 12. The molecule has 8 aromatic rings. The molecule has 0 fully saturated rings. The maximum Gasteiger partial charge on any atom is 0.219 e. The van der Waals surface area contributed by atoms with Crippen LogP contribution in [0.4, 0.5) is 0 Å². The van der Waals surface area contributed by atoms with E-state index in [1.165, 1.54) is 0 Å². The van der Waals surface area contributed by atoms with Gasteiger partial charge in [0.05, 0.1) is 33.8 Å². The molecule has 7 heterocycles. The highest BCUT2D eigenvalue weighted by Crippen LogP contribution is 2.33. The zero-order valence-electron chi connectivity index (χ0n) is 18.2. The van der Waals surface area contributed by atoms with Gasteiger partial charge in [-0.2, -0.15) is 5.10 Å². The van der Waals surface area contributed by atoms with Crippen LogP contribution in [0.3, 0.4) is 0 Å².